The minimum Gasteiger partial charge on any atom is -0.346 e. The summed E-state index contributed by atoms with van der Waals surface area (Å²) in [7, 11) is 0. The molecule has 1 heterocycles. The third kappa shape index (κ3) is 1.87. The molecule has 1 unspecified atom stereocenters. The lowest BCUT2D eigenvalue weighted by Crippen LogP contribution is -2.27. The van der Waals surface area contributed by atoms with Crippen molar-refractivity contribution in [2.75, 3.05) is 0 Å². The van der Waals surface area contributed by atoms with Crippen molar-refractivity contribution in [3.05, 3.63) is 12.2 Å². The molecule has 0 spiro atoms. The fourth-order valence-corrected chi connectivity index (χ4v) is 1.13. The SMILES string of the molecule is CC(C)CC1C=CC(=O)N1. The highest BCUT2D eigenvalue weighted by atomic mass is 16.1. The van der Waals surface area contributed by atoms with Crippen LogP contribution < -0.4 is 5.32 Å². The van der Waals surface area contributed by atoms with Gasteiger partial charge >= 0.3 is 0 Å². The lowest BCUT2D eigenvalue weighted by molar-refractivity contribution is -0.116. The second-order valence-electron chi connectivity index (χ2n) is 3.10. The Bertz CT molecular complexity index is 161. The van der Waals surface area contributed by atoms with E-state index in [1.54, 1.807) is 6.08 Å². The molecule has 1 N–H and O–H groups in total. The van der Waals surface area contributed by atoms with Gasteiger partial charge in [-0.2, -0.15) is 0 Å². The first-order valence-corrected chi connectivity index (χ1v) is 3.67. The van der Waals surface area contributed by atoms with Crippen LogP contribution in [0.3, 0.4) is 0 Å². The molecular formula is C8H13NO. The first-order chi connectivity index (χ1) is 4.68. The number of nitrogens with one attached hydrogen (secondary N) is 1. The second kappa shape index (κ2) is 2.86. The van der Waals surface area contributed by atoms with Gasteiger partial charge in [-0.25, -0.2) is 0 Å². The predicted octanol–water partition coefficient (Wildman–Crippen LogP) is 1.09. The van der Waals surface area contributed by atoms with Gasteiger partial charge in [0.05, 0.1) is 0 Å². The molecule has 1 rings (SSSR count). The zero-order valence-corrected chi connectivity index (χ0v) is 6.42. The Morgan fingerprint density at radius 3 is 2.80 bits per heavy atom. The number of carbonyl (C=O) groups is 1. The molecule has 2 heteroatoms. The van der Waals surface area contributed by atoms with Crippen LogP contribution in [0.1, 0.15) is 20.3 Å². The Morgan fingerprint density at radius 1 is 1.70 bits per heavy atom. The van der Waals surface area contributed by atoms with Crippen molar-refractivity contribution in [3.8, 4) is 0 Å². The van der Waals surface area contributed by atoms with E-state index in [-0.39, 0.29) is 11.9 Å². The molecule has 0 aliphatic carbocycles. The van der Waals surface area contributed by atoms with Gasteiger partial charge < -0.3 is 5.32 Å². The van der Waals surface area contributed by atoms with Gasteiger partial charge in [0.1, 0.15) is 0 Å². The molecule has 1 aliphatic rings. The van der Waals surface area contributed by atoms with E-state index in [2.05, 4.69) is 19.2 Å². The summed E-state index contributed by atoms with van der Waals surface area (Å²) in [5.74, 6) is 0.693. The minimum atomic E-state index is 0.0469. The van der Waals surface area contributed by atoms with Crippen LogP contribution in [-0.2, 0) is 4.79 Å². The van der Waals surface area contributed by atoms with Crippen LogP contribution in [0.4, 0.5) is 0 Å². The average molecular weight is 139 g/mol. The van der Waals surface area contributed by atoms with Crippen LogP contribution in [0, 0.1) is 5.92 Å². The summed E-state index contributed by atoms with van der Waals surface area (Å²) in [5.41, 5.74) is 0. The maximum absolute atomic E-state index is 10.6. The number of amides is 1. The van der Waals surface area contributed by atoms with Gasteiger partial charge in [0, 0.05) is 12.1 Å². The topological polar surface area (TPSA) is 29.1 Å². The van der Waals surface area contributed by atoms with Crippen LogP contribution in [-0.4, -0.2) is 11.9 Å². The van der Waals surface area contributed by atoms with Crippen molar-refractivity contribution >= 4 is 5.91 Å². The number of carbonyl (C=O) groups excluding carboxylic acids is 1. The Balaban J connectivity index is 2.33. The summed E-state index contributed by atoms with van der Waals surface area (Å²) in [4.78, 5) is 10.6. The molecule has 1 aliphatic heterocycles. The van der Waals surface area contributed by atoms with Crippen LogP contribution in [0.25, 0.3) is 0 Å². The Hall–Kier alpha value is -0.790. The van der Waals surface area contributed by atoms with Crippen LogP contribution >= 0.6 is 0 Å². The van der Waals surface area contributed by atoms with Gasteiger partial charge in [-0.15, -0.1) is 0 Å². The van der Waals surface area contributed by atoms with Crippen LogP contribution in [0.5, 0.6) is 0 Å². The maximum Gasteiger partial charge on any atom is 0.244 e. The highest BCUT2D eigenvalue weighted by Gasteiger charge is 2.14. The van der Waals surface area contributed by atoms with E-state index in [1.807, 2.05) is 6.08 Å². The van der Waals surface area contributed by atoms with E-state index >= 15 is 0 Å². The smallest absolute Gasteiger partial charge is 0.244 e. The lowest BCUT2D eigenvalue weighted by Gasteiger charge is -2.10. The zero-order chi connectivity index (χ0) is 7.56. The predicted molar refractivity (Wildman–Crippen MR) is 40.5 cm³/mol. The van der Waals surface area contributed by atoms with Crippen molar-refractivity contribution in [1.29, 1.82) is 0 Å². The summed E-state index contributed by atoms with van der Waals surface area (Å²) in [6.45, 7) is 4.30. The summed E-state index contributed by atoms with van der Waals surface area (Å²) in [6, 6.07) is 0.285. The van der Waals surface area contributed by atoms with E-state index < -0.39 is 0 Å². The Kier molecular flexibility index (Phi) is 2.10. The van der Waals surface area contributed by atoms with Gasteiger partial charge in [0.15, 0.2) is 0 Å². The summed E-state index contributed by atoms with van der Waals surface area (Å²) >= 11 is 0. The summed E-state index contributed by atoms with van der Waals surface area (Å²) < 4.78 is 0. The molecule has 0 radical (unpaired) electrons. The van der Waals surface area contributed by atoms with Gasteiger partial charge in [-0.1, -0.05) is 19.9 Å². The molecule has 0 aromatic heterocycles. The number of hydrogen-bond acceptors (Lipinski definition) is 1. The number of hydrogen-bond donors (Lipinski definition) is 1. The molecular weight excluding hydrogens is 126 g/mol. The zero-order valence-electron chi connectivity index (χ0n) is 6.42. The van der Waals surface area contributed by atoms with Crippen molar-refractivity contribution in [2.24, 2.45) is 5.92 Å². The van der Waals surface area contributed by atoms with Crippen molar-refractivity contribution in [3.63, 3.8) is 0 Å². The van der Waals surface area contributed by atoms with Crippen molar-refractivity contribution < 1.29 is 4.79 Å². The van der Waals surface area contributed by atoms with Gasteiger partial charge in [0.25, 0.3) is 0 Å². The fourth-order valence-electron chi connectivity index (χ4n) is 1.13. The average Bonchev–Trinajstić information content (AvgIpc) is 2.13. The summed E-state index contributed by atoms with van der Waals surface area (Å²) in [6.07, 6.45) is 4.58. The molecule has 0 fully saturated rings. The normalized spacial score (nSPS) is 23.9. The molecule has 0 aromatic carbocycles. The molecule has 1 amide bonds. The Labute approximate surface area is 61.3 Å². The van der Waals surface area contributed by atoms with Crippen LogP contribution in [0.15, 0.2) is 12.2 Å². The van der Waals surface area contributed by atoms with Crippen molar-refractivity contribution in [1.82, 2.24) is 5.32 Å². The highest BCUT2D eigenvalue weighted by Crippen LogP contribution is 2.08. The molecule has 2 nitrogen and oxygen atoms in total. The molecule has 10 heavy (non-hydrogen) atoms. The largest absolute Gasteiger partial charge is 0.346 e. The molecule has 0 saturated heterocycles. The third-order valence-electron chi connectivity index (χ3n) is 1.53. The quantitative estimate of drug-likeness (QED) is 0.609. The van der Waals surface area contributed by atoms with E-state index in [4.69, 9.17) is 0 Å². The summed E-state index contributed by atoms with van der Waals surface area (Å²) in [5, 5.41) is 2.84. The molecule has 56 valence electrons. The number of rotatable bonds is 2. The van der Waals surface area contributed by atoms with Gasteiger partial charge in [-0.05, 0) is 12.3 Å². The molecule has 0 saturated carbocycles. The molecule has 1 atom stereocenters. The van der Waals surface area contributed by atoms with Gasteiger partial charge in [-0.3, -0.25) is 4.79 Å². The maximum atomic E-state index is 10.6. The van der Waals surface area contributed by atoms with E-state index in [1.165, 1.54) is 0 Å². The van der Waals surface area contributed by atoms with E-state index in [9.17, 15) is 4.79 Å². The Morgan fingerprint density at radius 2 is 2.40 bits per heavy atom. The fraction of sp³-hybridized carbons (Fsp3) is 0.625. The van der Waals surface area contributed by atoms with E-state index in [0.717, 1.165) is 6.42 Å². The van der Waals surface area contributed by atoms with Crippen molar-refractivity contribution in [2.45, 2.75) is 26.3 Å². The monoisotopic (exact) mass is 139 g/mol. The van der Waals surface area contributed by atoms with E-state index in [0.29, 0.717) is 5.92 Å². The molecule has 0 bridgehead atoms. The van der Waals surface area contributed by atoms with Gasteiger partial charge in [0.2, 0.25) is 5.91 Å². The minimum absolute atomic E-state index is 0.0469. The molecule has 0 aromatic rings. The third-order valence-corrected chi connectivity index (χ3v) is 1.53. The lowest BCUT2D eigenvalue weighted by atomic mass is 10.1. The second-order valence-corrected chi connectivity index (χ2v) is 3.10. The first-order valence-electron chi connectivity index (χ1n) is 3.67. The first kappa shape index (κ1) is 7.32. The standard InChI is InChI=1S/C8H13NO/c1-6(2)5-7-3-4-8(10)9-7/h3-4,6-7H,5H2,1-2H3,(H,9,10). The highest BCUT2D eigenvalue weighted by molar-refractivity contribution is 5.90. The van der Waals surface area contributed by atoms with Crippen LogP contribution in [0.2, 0.25) is 0 Å².